The maximum absolute atomic E-state index is 14.0. The van der Waals surface area contributed by atoms with E-state index in [0.29, 0.717) is 5.56 Å². The highest BCUT2D eigenvalue weighted by Crippen LogP contribution is 2.53. The van der Waals surface area contributed by atoms with Crippen molar-refractivity contribution in [3.63, 3.8) is 0 Å². The molecule has 0 aromatic heterocycles. The number of carboxylic acids is 1. The second kappa shape index (κ2) is 6.02. The second-order valence-corrected chi connectivity index (χ2v) is 5.71. The highest BCUT2D eigenvalue weighted by Gasteiger charge is 2.42. The molecule has 1 rings (SSSR count). The number of hydrogen-bond donors (Lipinski definition) is 3. The van der Waals surface area contributed by atoms with Crippen LogP contribution in [0.25, 0.3) is 0 Å². The number of benzene rings is 1. The standard InChI is InChI=1S/C10H10BrF2O4P/c11-8-3-6(4-9(14)15)1-2-7(8)10(13,5-12)18(16)17/h1-3,16-17H,4-5H2,(H,14,15). The Balaban J connectivity index is 3.15. The summed E-state index contributed by atoms with van der Waals surface area (Å²) in [6.45, 7) is -1.58. The quantitative estimate of drug-likeness (QED) is 0.718. The van der Waals surface area contributed by atoms with Crippen molar-refractivity contribution in [1.82, 2.24) is 0 Å². The van der Waals surface area contributed by atoms with Crippen LogP contribution in [0, 0.1) is 0 Å². The monoisotopic (exact) mass is 342 g/mol. The van der Waals surface area contributed by atoms with Gasteiger partial charge in [-0.15, -0.1) is 0 Å². The topological polar surface area (TPSA) is 77.8 Å². The van der Waals surface area contributed by atoms with Crippen LogP contribution in [0.4, 0.5) is 8.78 Å². The Morgan fingerprint density at radius 1 is 1.44 bits per heavy atom. The molecule has 1 atom stereocenters. The Kier molecular flexibility index (Phi) is 5.16. The van der Waals surface area contributed by atoms with Crippen molar-refractivity contribution in [2.24, 2.45) is 0 Å². The van der Waals surface area contributed by atoms with Gasteiger partial charge in [-0.25, -0.2) is 8.78 Å². The van der Waals surface area contributed by atoms with Crippen LogP contribution in [0.5, 0.6) is 0 Å². The van der Waals surface area contributed by atoms with Crippen LogP contribution in [0.2, 0.25) is 0 Å². The predicted octanol–water partition coefficient (Wildman–Crippen LogP) is 2.46. The smallest absolute Gasteiger partial charge is 0.307 e. The maximum atomic E-state index is 14.0. The molecule has 1 aromatic rings. The predicted molar refractivity (Wildman–Crippen MR) is 65.6 cm³/mol. The SMILES string of the molecule is O=C(O)Cc1ccc(C(F)(CF)P(O)O)c(Br)c1. The number of carboxylic acid groups (broad SMARTS) is 1. The van der Waals surface area contributed by atoms with Crippen molar-refractivity contribution in [2.75, 3.05) is 6.67 Å². The first-order valence-electron chi connectivity index (χ1n) is 4.75. The van der Waals surface area contributed by atoms with E-state index in [-0.39, 0.29) is 16.5 Å². The van der Waals surface area contributed by atoms with E-state index in [1.165, 1.54) is 12.1 Å². The molecule has 18 heavy (non-hydrogen) atoms. The lowest BCUT2D eigenvalue weighted by Crippen LogP contribution is -2.21. The van der Waals surface area contributed by atoms with Crippen molar-refractivity contribution in [3.8, 4) is 0 Å². The zero-order chi connectivity index (χ0) is 13.9. The molecular weight excluding hydrogens is 333 g/mol. The summed E-state index contributed by atoms with van der Waals surface area (Å²) in [7, 11) is -3.15. The minimum atomic E-state index is -3.15. The Morgan fingerprint density at radius 2 is 2.06 bits per heavy atom. The Bertz CT molecular complexity index is 458. The summed E-state index contributed by atoms with van der Waals surface area (Å²) in [6, 6.07) is 3.76. The van der Waals surface area contributed by atoms with Crippen molar-refractivity contribution in [3.05, 3.63) is 33.8 Å². The first-order valence-corrected chi connectivity index (χ1v) is 6.79. The van der Waals surface area contributed by atoms with Gasteiger partial charge in [-0.2, -0.15) is 0 Å². The van der Waals surface area contributed by atoms with Gasteiger partial charge in [0, 0.05) is 10.0 Å². The molecule has 0 heterocycles. The van der Waals surface area contributed by atoms with Crippen LogP contribution < -0.4 is 0 Å². The van der Waals surface area contributed by atoms with Gasteiger partial charge in [0.25, 0.3) is 0 Å². The average molecular weight is 343 g/mol. The lowest BCUT2D eigenvalue weighted by atomic mass is 10.1. The van der Waals surface area contributed by atoms with Crippen LogP contribution in [-0.2, 0) is 16.6 Å². The molecule has 0 bridgehead atoms. The van der Waals surface area contributed by atoms with Gasteiger partial charge in [-0.1, -0.05) is 28.1 Å². The number of rotatable bonds is 5. The largest absolute Gasteiger partial charge is 0.481 e. The lowest BCUT2D eigenvalue weighted by Gasteiger charge is -2.24. The van der Waals surface area contributed by atoms with Crippen molar-refractivity contribution in [2.45, 2.75) is 11.8 Å². The summed E-state index contributed by atoms with van der Waals surface area (Å²) in [6.07, 6.45) is -0.263. The van der Waals surface area contributed by atoms with E-state index >= 15 is 0 Å². The number of alkyl halides is 2. The zero-order valence-electron chi connectivity index (χ0n) is 8.98. The number of carbonyl (C=O) groups is 1. The highest BCUT2D eigenvalue weighted by atomic mass is 79.9. The average Bonchev–Trinajstić information content (AvgIpc) is 2.27. The first kappa shape index (κ1) is 15.4. The van der Waals surface area contributed by atoms with Gasteiger partial charge in [-0.3, -0.25) is 4.79 Å². The van der Waals surface area contributed by atoms with E-state index in [9.17, 15) is 13.6 Å². The normalized spacial score (nSPS) is 14.6. The van der Waals surface area contributed by atoms with Gasteiger partial charge in [0.15, 0.2) is 0 Å². The fourth-order valence-corrected chi connectivity index (χ4v) is 2.80. The molecule has 0 saturated carbocycles. The van der Waals surface area contributed by atoms with Crippen LogP contribution >= 0.6 is 24.3 Å². The van der Waals surface area contributed by atoms with Crippen LogP contribution in [0.15, 0.2) is 22.7 Å². The van der Waals surface area contributed by atoms with E-state index in [2.05, 4.69) is 15.9 Å². The lowest BCUT2D eigenvalue weighted by molar-refractivity contribution is -0.136. The van der Waals surface area contributed by atoms with Gasteiger partial charge in [0.1, 0.15) is 6.67 Å². The van der Waals surface area contributed by atoms with Crippen LogP contribution in [-0.4, -0.2) is 27.5 Å². The molecule has 0 spiro atoms. The third kappa shape index (κ3) is 3.23. The van der Waals surface area contributed by atoms with E-state index in [4.69, 9.17) is 14.9 Å². The zero-order valence-corrected chi connectivity index (χ0v) is 11.5. The number of aliphatic carboxylic acids is 1. The minimum Gasteiger partial charge on any atom is -0.481 e. The van der Waals surface area contributed by atoms with Crippen molar-refractivity contribution >= 4 is 30.3 Å². The summed E-state index contributed by atoms with van der Waals surface area (Å²) in [5.74, 6) is -1.06. The molecule has 3 N–H and O–H groups in total. The van der Waals surface area contributed by atoms with Gasteiger partial charge < -0.3 is 14.9 Å². The van der Waals surface area contributed by atoms with Crippen molar-refractivity contribution in [1.29, 1.82) is 0 Å². The molecule has 4 nitrogen and oxygen atoms in total. The molecule has 0 aliphatic rings. The summed E-state index contributed by atoms with van der Waals surface area (Å²) in [4.78, 5) is 28.4. The fraction of sp³-hybridized carbons (Fsp3) is 0.300. The summed E-state index contributed by atoms with van der Waals surface area (Å²) >= 11 is 2.97. The molecule has 0 fully saturated rings. The fourth-order valence-electron chi connectivity index (χ4n) is 1.39. The van der Waals surface area contributed by atoms with Gasteiger partial charge >= 0.3 is 5.97 Å². The molecule has 0 radical (unpaired) electrons. The molecular formula is C10H10BrF2O4P. The van der Waals surface area contributed by atoms with E-state index < -0.39 is 26.4 Å². The highest BCUT2D eigenvalue weighted by molar-refractivity contribution is 9.10. The van der Waals surface area contributed by atoms with Crippen molar-refractivity contribution < 1.29 is 28.5 Å². The van der Waals surface area contributed by atoms with Crippen LogP contribution in [0.3, 0.4) is 0 Å². The molecule has 8 heteroatoms. The molecule has 0 amide bonds. The summed E-state index contributed by atoms with van der Waals surface area (Å²) in [5, 5.41) is 5.72. The van der Waals surface area contributed by atoms with Gasteiger partial charge in [0.2, 0.25) is 13.8 Å². The Labute approximate surface area is 111 Å². The first-order chi connectivity index (χ1) is 8.31. The Morgan fingerprint density at radius 3 is 2.44 bits per heavy atom. The molecule has 0 aliphatic heterocycles. The minimum absolute atomic E-state index is 0.0944. The second-order valence-electron chi connectivity index (χ2n) is 3.57. The van der Waals surface area contributed by atoms with Gasteiger partial charge in [0.05, 0.1) is 6.42 Å². The molecule has 0 aliphatic carbocycles. The Hall–Kier alpha value is -0.620. The summed E-state index contributed by atoms with van der Waals surface area (Å²) < 4.78 is 26.8. The van der Waals surface area contributed by atoms with E-state index in [1.54, 1.807) is 0 Å². The van der Waals surface area contributed by atoms with E-state index in [0.717, 1.165) is 6.07 Å². The third-order valence-electron chi connectivity index (χ3n) is 2.30. The van der Waals surface area contributed by atoms with E-state index in [1.807, 2.05) is 0 Å². The molecule has 100 valence electrons. The molecule has 1 aromatic carbocycles. The maximum Gasteiger partial charge on any atom is 0.307 e. The van der Waals surface area contributed by atoms with Gasteiger partial charge in [-0.05, 0) is 11.6 Å². The number of hydrogen-bond acceptors (Lipinski definition) is 3. The summed E-state index contributed by atoms with van der Waals surface area (Å²) in [5.41, 5.74) is 0.134. The van der Waals surface area contributed by atoms with Crippen LogP contribution in [0.1, 0.15) is 11.1 Å². The molecule has 1 unspecified atom stereocenters. The number of halogens is 3. The molecule has 0 saturated heterocycles. The third-order valence-corrected chi connectivity index (χ3v) is 3.95.